The third kappa shape index (κ3) is 3.73. The van der Waals surface area contributed by atoms with Gasteiger partial charge in [-0.05, 0) is 36.8 Å². The summed E-state index contributed by atoms with van der Waals surface area (Å²) in [4.78, 5) is 8.66. The molecule has 2 atom stereocenters. The van der Waals surface area contributed by atoms with E-state index in [1.807, 2.05) is 22.8 Å². The Morgan fingerprint density at radius 2 is 2.00 bits per heavy atom. The van der Waals surface area contributed by atoms with Crippen molar-refractivity contribution in [2.24, 2.45) is 5.73 Å². The molecule has 2 aromatic carbocycles. The Labute approximate surface area is 191 Å². The minimum absolute atomic E-state index is 0.191. The van der Waals surface area contributed by atoms with Gasteiger partial charge in [0.25, 0.3) is 0 Å². The van der Waals surface area contributed by atoms with Crippen LogP contribution in [0.2, 0.25) is 5.02 Å². The first-order valence-corrected chi connectivity index (χ1v) is 11.1. The van der Waals surface area contributed by atoms with Crippen molar-refractivity contribution < 1.29 is 9.13 Å². The Morgan fingerprint density at radius 1 is 1.19 bits per heavy atom. The average molecular weight is 457 g/mol. The predicted molar refractivity (Wildman–Crippen MR) is 123 cm³/mol. The Kier molecular flexibility index (Phi) is 5.77. The molecule has 4 N–H and O–H groups in total. The number of nitrogen functional groups attached to an aromatic ring is 1. The summed E-state index contributed by atoms with van der Waals surface area (Å²) in [6, 6.07) is 10.4. The van der Waals surface area contributed by atoms with E-state index in [-0.39, 0.29) is 18.0 Å². The molecule has 3 aromatic rings. The number of aromatic nitrogens is 2. The van der Waals surface area contributed by atoms with Crippen molar-refractivity contribution in [2.45, 2.75) is 18.6 Å². The van der Waals surface area contributed by atoms with Crippen LogP contribution in [0.1, 0.15) is 29.9 Å². The fourth-order valence-corrected chi connectivity index (χ4v) is 5.05. The van der Waals surface area contributed by atoms with Crippen LogP contribution in [0.25, 0.3) is 5.69 Å². The van der Waals surface area contributed by atoms with E-state index in [0.29, 0.717) is 42.5 Å². The normalized spacial score (nSPS) is 19.5. The Hall–Kier alpha value is -2.65. The lowest BCUT2D eigenvalue weighted by atomic mass is 9.99. The number of nitrogens with two attached hydrogens (primary N) is 2. The smallest absolute Gasteiger partial charge is 0.129 e. The summed E-state index contributed by atoms with van der Waals surface area (Å²) in [7, 11) is 0. The quantitative estimate of drug-likeness (QED) is 0.572. The number of rotatable bonds is 5. The fraction of sp³-hybridized carbons (Fsp3) is 0.348. The molecule has 0 bridgehead atoms. The summed E-state index contributed by atoms with van der Waals surface area (Å²) in [5.41, 5.74) is 16.7. The van der Waals surface area contributed by atoms with Crippen LogP contribution in [0.15, 0.2) is 48.9 Å². The molecule has 1 aromatic heterocycles. The number of anilines is 2. The van der Waals surface area contributed by atoms with Crippen LogP contribution < -0.4 is 16.4 Å². The number of imidazole rings is 1. The third-order valence-electron chi connectivity index (χ3n) is 6.34. The molecule has 2 aliphatic heterocycles. The number of fused-ring (bicyclic) bond motifs is 3. The van der Waals surface area contributed by atoms with Crippen molar-refractivity contribution in [3.8, 4) is 5.69 Å². The monoisotopic (exact) mass is 456 g/mol. The summed E-state index contributed by atoms with van der Waals surface area (Å²) >= 11 is 6.48. The lowest BCUT2D eigenvalue weighted by molar-refractivity contribution is 0.0138. The van der Waals surface area contributed by atoms with Gasteiger partial charge in [0, 0.05) is 41.9 Å². The molecule has 2 aliphatic rings. The van der Waals surface area contributed by atoms with E-state index in [0.717, 1.165) is 30.2 Å². The first kappa shape index (κ1) is 21.2. The standard InChI is InChI=1S/C23H26ClFN6O/c24-16-2-1-3-17(25)22(16)19(29-8-10-32-11-9-29)6-7-30-18-5-4-15(26)12-20(18)31-14-28-13-21(31)23(30)27/h1-5,12-14,19,23H,6-11,26-27H2. The van der Waals surface area contributed by atoms with Crippen LogP contribution >= 0.6 is 11.6 Å². The summed E-state index contributed by atoms with van der Waals surface area (Å²) in [5, 5.41) is 0.440. The average Bonchev–Trinajstić information content (AvgIpc) is 3.29. The molecule has 7 nitrogen and oxygen atoms in total. The van der Waals surface area contributed by atoms with E-state index >= 15 is 0 Å². The Balaban J connectivity index is 1.48. The van der Waals surface area contributed by atoms with Crippen LogP contribution in [0.5, 0.6) is 0 Å². The highest BCUT2D eigenvalue weighted by Crippen LogP contribution is 2.39. The van der Waals surface area contributed by atoms with E-state index < -0.39 is 0 Å². The molecule has 1 saturated heterocycles. The van der Waals surface area contributed by atoms with Crippen LogP contribution in [-0.2, 0) is 4.74 Å². The fourth-order valence-electron chi connectivity index (χ4n) is 4.76. The number of nitrogens with zero attached hydrogens (tertiary/aromatic N) is 4. The maximum Gasteiger partial charge on any atom is 0.129 e. The molecule has 0 amide bonds. The zero-order valence-corrected chi connectivity index (χ0v) is 18.4. The van der Waals surface area contributed by atoms with Gasteiger partial charge in [0.05, 0.1) is 42.8 Å². The zero-order valence-electron chi connectivity index (χ0n) is 17.6. The highest BCUT2D eigenvalue weighted by molar-refractivity contribution is 6.31. The zero-order chi connectivity index (χ0) is 22.2. The van der Waals surface area contributed by atoms with E-state index in [4.69, 9.17) is 27.8 Å². The number of benzene rings is 2. The molecule has 168 valence electrons. The maximum atomic E-state index is 14.9. The van der Waals surface area contributed by atoms with Gasteiger partial charge in [0.1, 0.15) is 12.0 Å². The lowest BCUT2D eigenvalue weighted by Crippen LogP contribution is -2.43. The number of ether oxygens (including phenoxy) is 1. The molecule has 9 heteroatoms. The van der Waals surface area contributed by atoms with Crippen molar-refractivity contribution in [3.63, 3.8) is 0 Å². The van der Waals surface area contributed by atoms with Crippen molar-refractivity contribution >= 4 is 23.0 Å². The van der Waals surface area contributed by atoms with E-state index in [1.165, 1.54) is 6.07 Å². The van der Waals surface area contributed by atoms with Crippen LogP contribution in [0, 0.1) is 5.82 Å². The Bertz CT molecular complexity index is 1100. The summed E-state index contributed by atoms with van der Waals surface area (Å²) in [5.74, 6) is -0.289. The highest BCUT2D eigenvalue weighted by Gasteiger charge is 2.32. The molecule has 0 radical (unpaired) electrons. The van der Waals surface area contributed by atoms with Gasteiger partial charge in [-0.1, -0.05) is 17.7 Å². The Morgan fingerprint density at radius 3 is 2.78 bits per heavy atom. The minimum atomic E-state index is -0.380. The molecular formula is C23H26ClFN6O. The van der Waals surface area contributed by atoms with Gasteiger partial charge >= 0.3 is 0 Å². The van der Waals surface area contributed by atoms with E-state index in [1.54, 1.807) is 24.7 Å². The number of halogens is 2. The van der Waals surface area contributed by atoms with Gasteiger partial charge in [-0.15, -0.1) is 0 Å². The molecule has 0 spiro atoms. The maximum absolute atomic E-state index is 14.9. The van der Waals surface area contributed by atoms with Crippen molar-refractivity contribution in [2.75, 3.05) is 43.5 Å². The van der Waals surface area contributed by atoms with Gasteiger partial charge in [-0.25, -0.2) is 9.37 Å². The molecule has 32 heavy (non-hydrogen) atoms. The van der Waals surface area contributed by atoms with Crippen molar-refractivity contribution in [1.29, 1.82) is 0 Å². The molecule has 5 rings (SSSR count). The van der Waals surface area contributed by atoms with Crippen LogP contribution in [-0.4, -0.2) is 47.3 Å². The number of hydrogen-bond donors (Lipinski definition) is 2. The summed E-state index contributed by atoms with van der Waals surface area (Å²) in [6.07, 6.45) is 3.79. The van der Waals surface area contributed by atoms with Gasteiger partial charge in [0.2, 0.25) is 0 Å². The third-order valence-corrected chi connectivity index (χ3v) is 6.67. The van der Waals surface area contributed by atoms with Gasteiger partial charge in [0.15, 0.2) is 0 Å². The molecule has 2 unspecified atom stereocenters. The highest BCUT2D eigenvalue weighted by atomic mass is 35.5. The minimum Gasteiger partial charge on any atom is -0.399 e. The molecular weight excluding hydrogens is 431 g/mol. The van der Waals surface area contributed by atoms with Gasteiger partial charge in [-0.2, -0.15) is 0 Å². The second-order valence-corrected chi connectivity index (χ2v) is 8.57. The molecule has 0 aliphatic carbocycles. The lowest BCUT2D eigenvalue weighted by Gasteiger charge is -2.40. The number of hydrogen-bond acceptors (Lipinski definition) is 6. The van der Waals surface area contributed by atoms with Crippen LogP contribution in [0.4, 0.5) is 15.8 Å². The van der Waals surface area contributed by atoms with E-state index in [2.05, 4.69) is 14.8 Å². The van der Waals surface area contributed by atoms with Gasteiger partial charge < -0.3 is 21.1 Å². The first-order valence-electron chi connectivity index (χ1n) is 10.7. The van der Waals surface area contributed by atoms with Gasteiger partial charge in [-0.3, -0.25) is 9.47 Å². The number of morpholine rings is 1. The largest absolute Gasteiger partial charge is 0.399 e. The molecule has 3 heterocycles. The molecule has 1 fully saturated rings. The molecule has 0 saturated carbocycles. The topological polar surface area (TPSA) is 85.6 Å². The SMILES string of the molecule is Nc1ccc2c(c1)-n1cncc1C(N)N2CCC(c1c(F)cccc1Cl)N1CCOCC1. The summed E-state index contributed by atoms with van der Waals surface area (Å²) in [6.45, 7) is 3.29. The predicted octanol–water partition coefficient (Wildman–Crippen LogP) is 3.49. The van der Waals surface area contributed by atoms with Crippen LogP contribution in [0.3, 0.4) is 0 Å². The van der Waals surface area contributed by atoms with Crippen molar-refractivity contribution in [3.05, 3.63) is 71.0 Å². The summed E-state index contributed by atoms with van der Waals surface area (Å²) < 4.78 is 22.4. The second-order valence-electron chi connectivity index (χ2n) is 8.16. The van der Waals surface area contributed by atoms with E-state index in [9.17, 15) is 4.39 Å². The van der Waals surface area contributed by atoms with Crippen molar-refractivity contribution in [1.82, 2.24) is 14.5 Å². The second kappa shape index (κ2) is 8.71. The first-order chi connectivity index (χ1) is 15.5.